The summed E-state index contributed by atoms with van der Waals surface area (Å²) >= 11 is 0. The SMILES string of the molecule is CNCCNc1cc2n[nH]c(=O)n2cn1. The number of rotatable bonds is 4. The maximum absolute atomic E-state index is 11.1. The molecule has 7 heteroatoms. The molecular weight excluding hydrogens is 196 g/mol. The van der Waals surface area contributed by atoms with E-state index in [2.05, 4.69) is 25.8 Å². The Balaban J connectivity index is 2.20. The van der Waals surface area contributed by atoms with E-state index < -0.39 is 0 Å². The third-order valence-electron chi connectivity index (χ3n) is 1.99. The number of aromatic nitrogens is 4. The fraction of sp³-hybridized carbons (Fsp3) is 0.375. The minimum atomic E-state index is -0.278. The second-order valence-corrected chi connectivity index (χ2v) is 3.06. The topological polar surface area (TPSA) is 87.1 Å². The highest BCUT2D eigenvalue weighted by Gasteiger charge is 2.00. The van der Waals surface area contributed by atoms with Crippen molar-refractivity contribution >= 4 is 11.5 Å². The zero-order chi connectivity index (χ0) is 10.7. The Hall–Kier alpha value is -1.89. The van der Waals surface area contributed by atoms with Gasteiger partial charge < -0.3 is 10.6 Å². The van der Waals surface area contributed by atoms with Crippen LogP contribution in [0.5, 0.6) is 0 Å². The number of H-pyrrole nitrogens is 1. The Labute approximate surface area is 85.5 Å². The number of hydrogen-bond donors (Lipinski definition) is 3. The van der Waals surface area contributed by atoms with Gasteiger partial charge >= 0.3 is 5.69 Å². The van der Waals surface area contributed by atoms with Crippen LogP contribution in [0.1, 0.15) is 0 Å². The molecule has 0 spiro atoms. The minimum Gasteiger partial charge on any atom is -0.369 e. The van der Waals surface area contributed by atoms with E-state index in [-0.39, 0.29) is 5.69 Å². The number of nitrogens with zero attached hydrogens (tertiary/aromatic N) is 3. The molecule has 0 fully saturated rings. The number of anilines is 1. The summed E-state index contributed by atoms with van der Waals surface area (Å²) < 4.78 is 1.35. The van der Waals surface area contributed by atoms with Crippen LogP contribution in [0.25, 0.3) is 5.65 Å². The second-order valence-electron chi connectivity index (χ2n) is 3.06. The van der Waals surface area contributed by atoms with Crippen LogP contribution in [-0.2, 0) is 0 Å². The van der Waals surface area contributed by atoms with Crippen LogP contribution >= 0.6 is 0 Å². The molecule has 0 unspecified atom stereocenters. The second kappa shape index (κ2) is 4.09. The first-order valence-electron chi connectivity index (χ1n) is 4.62. The van der Waals surface area contributed by atoms with E-state index in [1.807, 2.05) is 7.05 Å². The van der Waals surface area contributed by atoms with Crippen molar-refractivity contribution in [1.82, 2.24) is 24.9 Å². The lowest BCUT2D eigenvalue weighted by Gasteiger charge is -2.03. The summed E-state index contributed by atoms with van der Waals surface area (Å²) in [5.74, 6) is 0.705. The first kappa shape index (κ1) is 9.66. The van der Waals surface area contributed by atoms with Gasteiger partial charge in [-0.15, -0.1) is 0 Å². The van der Waals surface area contributed by atoms with Gasteiger partial charge in [-0.25, -0.2) is 19.3 Å². The Bertz CT molecular complexity index is 501. The van der Waals surface area contributed by atoms with Gasteiger partial charge in [-0.3, -0.25) is 0 Å². The van der Waals surface area contributed by atoms with E-state index in [1.165, 1.54) is 10.7 Å². The summed E-state index contributed by atoms with van der Waals surface area (Å²) in [7, 11) is 1.88. The number of likely N-dealkylation sites (N-methyl/N-ethyl adjacent to an activating group) is 1. The van der Waals surface area contributed by atoms with E-state index in [9.17, 15) is 4.79 Å². The monoisotopic (exact) mass is 208 g/mol. The van der Waals surface area contributed by atoms with Crippen molar-refractivity contribution in [3.63, 3.8) is 0 Å². The van der Waals surface area contributed by atoms with E-state index >= 15 is 0 Å². The van der Waals surface area contributed by atoms with E-state index in [0.717, 1.165) is 13.1 Å². The standard InChI is InChI=1S/C8H12N6O/c1-9-2-3-10-6-4-7-12-13-8(15)14(7)5-11-6/h4-5,9-10H,2-3H2,1H3,(H,13,15). The molecule has 0 radical (unpaired) electrons. The van der Waals surface area contributed by atoms with E-state index in [1.54, 1.807) is 6.07 Å². The maximum Gasteiger partial charge on any atom is 0.348 e. The molecule has 0 aromatic carbocycles. The van der Waals surface area contributed by atoms with Gasteiger partial charge in [0, 0.05) is 19.2 Å². The molecule has 0 saturated heterocycles. The zero-order valence-electron chi connectivity index (χ0n) is 8.32. The quantitative estimate of drug-likeness (QED) is 0.564. The minimum absolute atomic E-state index is 0.278. The molecule has 2 heterocycles. The fourth-order valence-corrected chi connectivity index (χ4v) is 1.22. The zero-order valence-corrected chi connectivity index (χ0v) is 8.32. The third-order valence-corrected chi connectivity index (χ3v) is 1.99. The highest BCUT2D eigenvalue weighted by Crippen LogP contribution is 2.02. The van der Waals surface area contributed by atoms with Crippen LogP contribution in [0.4, 0.5) is 5.82 Å². The van der Waals surface area contributed by atoms with Crippen LogP contribution in [0.3, 0.4) is 0 Å². The molecule has 3 N–H and O–H groups in total. The van der Waals surface area contributed by atoms with Crippen LogP contribution < -0.4 is 16.3 Å². The maximum atomic E-state index is 11.1. The molecule has 2 aromatic heterocycles. The lowest BCUT2D eigenvalue weighted by molar-refractivity contribution is 0.820. The summed E-state index contributed by atoms with van der Waals surface area (Å²) in [6, 6.07) is 1.72. The van der Waals surface area contributed by atoms with Crippen LogP contribution in [-0.4, -0.2) is 39.7 Å². The molecule has 2 rings (SSSR count). The van der Waals surface area contributed by atoms with Gasteiger partial charge in [0.25, 0.3) is 0 Å². The highest BCUT2D eigenvalue weighted by atomic mass is 16.1. The number of nitrogens with one attached hydrogen (secondary N) is 3. The molecule has 0 saturated carbocycles. The van der Waals surface area contributed by atoms with Crippen molar-refractivity contribution in [2.24, 2.45) is 0 Å². The number of aromatic amines is 1. The molecular formula is C8H12N6O. The third kappa shape index (κ3) is 1.96. The van der Waals surface area contributed by atoms with Crippen molar-refractivity contribution in [1.29, 1.82) is 0 Å². The molecule has 0 bridgehead atoms. The first-order chi connectivity index (χ1) is 7.31. The highest BCUT2D eigenvalue weighted by molar-refractivity contribution is 5.48. The fourth-order valence-electron chi connectivity index (χ4n) is 1.22. The predicted molar refractivity (Wildman–Crippen MR) is 56.0 cm³/mol. The van der Waals surface area contributed by atoms with Gasteiger partial charge in [-0.2, -0.15) is 5.10 Å². The summed E-state index contributed by atoms with van der Waals surface area (Å²) in [5, 5.41) is 12.3. The summed E-state index contributed by atoms with van der Waals surface area (Å²) in [6.45, 7) is 1.62. The lowest BCUT2D eigenvalue weighted by atomic mass is 10.5. The largest absolute Gasteiger partial charge is 0.369 e. The van der Waals surface area contributed by atoms with Crippen LogP contribution in [0.2, 0.25) is 0 Å². The molecule has 80 valence electrons. The lowest BCUT2D eigenvalue weighted by Crippen LogP contribution is -2.18. The molecule has 2 aromatic rings. The molecule has 7 nitrogen and oxygen atoms in total. The van der Waals surface area contributed by atoms with E-state index in [4.69, 9.17) is 0 Å². The van der Waals surface area contributed by atoms with Crippen molar-refractivity contribution in [3.05, 3.63) is 22.9 Å². The van der Waals surface area contributed by atoms with Crippen LogP contribution in [0.15, 0.2) is 17.2 Å². The van der Waals surface area contributed by atoms with Gasteiger partial charge in [-0.1, -0.05) is 0 Å². The van der Waals surface area contributed by atoms with Crippen molar-refractivity contribution in [2.75, 3.05) is 25.5 Å². The summed E-state index contributed by atoms with van der Waals surface area (Å²) in [5.41, 5.74) is 0.279. The van der Waals surface area contributed by atoms with Gasteiger partial charge in [0.05, 0.1) is 0 Å². The first-order valence-corrected chi connectivity index (χ1v) is 4.62. The Morgan fingerprint density at radius 1 is 1.53 bits per heavy atom. The van der Waals surface area contributed by atoms with Gasteiger partial charge in [0.15, 0.2) is 5.65 Å². The van der Waals surface area contributed by atoms with Crippen molar-refractivity contribution in [2.45, 2.75) is 0 Å². The van der Waals surface area contributed by atoms with Crippen molar-refractivity contribution in [3.8, 4) is 0 Å². The summed E-state index contributed by atoms with van der Waals surface area (Å²) in [4.78, 5) is 15.2. The summed E-state index contributed by atoms with van der Waals surface area (Å²) in [6.07, 6.45) is 1.45. The molecule has 0 aliphatic heterocycles. The molecule has 0 atom stereocenters. The number of hydrogen-bond acceptors (Lipinski definition) is 5. The predicted octanol–water partition coefficient (Wildman–Crippen LogP) is -0.951. The Morgan fingerprint density at radius 2 is 2.40 bits per heavy atom. The van der Waals surface area contributed by atoms with E-state index in [0.29, 0.717) is 11.5 Å². The molecule has 0 aliphatic rings. The molecule has 15 heavy (non-hydrogen) atoms. The average molecular weight is 208 g/mol. The van der Waals surface area contributed by atoms with Gasteiger partial charge in [-0.05, 0) is 7.05 Å². The average Bonchev–Trinajstić information content (AvgIpc) is 2.61. The van der Waals surface area contributed by atoms with Crippen LogP contribution in [0, 0.1) is 0 Å². The number of fused-ring (bicyclic) bond motifs is 1. The Kier molecular flexibility index (Phi) is 2.64. The molecule has 0 amide bonds. The Morgan fingerprint density at radius 3 is 3.20 bits per heavy atom. The van der Waals surface area contributed by atoms with Gasteiger partial charge in [0.1, 0.15) is 12.1 Å². The van der Waals surface area contributed by atoms with Gasteiger partial charge in [0.2, 0.25) is 0 Å². The molecule has 0 aliphatic carbocycles. The smallest absolute Gasteiger partial charge is 0.348 e. The van der Waals surface area contributed by atoms with Crippen molar-refractivity contribution < 1.29 is 0 Å². The normalized spacial score (nSPS) is 10.7.